The van der Waals surface area contributed by atoms with Crippen LogP contribution in [0.25, 0.3) is 0 Å². The maximum atomic E-state index is 12.1. The molecule has 0 saturated carbocycles. The molecule has 0 aliphatic heterocycles. The Kier molecular flexibility index (Phi) is 4.63. The highest BCUT2D eigenvalue weighted by Crippen LogP contribution is 2.19. The molecule has 0 amide bonds. The molecule has 2 aromatic carbocycles. The number of ether oxygens (including phenoxy) is 1. The minimum absolute atomic E-state index is 0.255. The van der Waals surface area contributed by atoms with Gasteiger partial charge in [-0.05, 0) is 35.6 Å². The summed E-state index contributed by atoms with van der Waals surface area (Å²) >= 11 is 0. The van der Waals surface area contributed by atoms with Crippen molar-refractivity contribution in [3.63, 3.8) is 0 Å². The highest BCUT2D eigenvalue weighted by Gasteiger charge is 2.14. The van der Waals surface area contributed by atoms with E-state index < -0.39 is 0 Å². The van der Waals surface area contributed by atoms with Gasteiger partial charge >= 0.3 is 5.97 Å². The van der Waals surface area contributed by atoms with Gasteiger partial charge in [0.25, 0.3) is 0 Å². The van der Waals surface area contributed by atoms with E-state index in [4.69, 9.17) is 10.5 Å². The number of carbonyl (C=O) groups is 1. The molecule has 0 atom stereocenters. The van der Waals surface area contributed by atoms with E-state index in [1.807, 2.05) is 31.2 Å². The van der Waals surface area contributed by atoms with E-state index >= 15 is 0 Å². The number of aryl methyl sites for hydroxylation is 1. The van der Waals surface area contributed by atoms with Gasteiger partial charge in [-0.2, -0.15) is 0 Å². The summed E-state index contributed by atoms with van der Waals surface area (Å²) in [5.41, 5.74) is 9.82. The molecule has 0 fully saturated rings. The van der Waals surface area contributed by atoms with E-state index in [-0.39, 0.29) is 12.6 Å². The van der Waals surface area contributed by atoms with Crippen molar-refractivity contribution in [3.8, 4) is 0 Å². The molecule has 0 spiro atoms. The number of nitrogen functional groups attached to an aromatic ring is 1. The smallest absolute Gasteiger partial charge is 0.340 e. The van der Waals surface area contributed by atoms with Crippen LogP contribution in [0.15, 0.2) is 42.5 Å². The molecule has 3 heteroatoms. The Labute approximate surface area is 125 Å². The van der Waals surface area contributed by atoms with Crippen molar-refractivity contribution in [3.05, 3.63) is 64.7 Å². The molecule has 110 valence electrons. The standard InChI is InChI=1S/C18H21NO2/c1-12(2)15-9-7-14(8-10-15)11-21-18(20)17-13(3)5-4-6-16(17)19/h4-10,12H,11,19H2,1-3H3. The van der Waals surface area contributed by atoms with Crippen molar-refractivity contribution in [1.82, 2.24) is 0 Å². The summed E-state index contributed by atoms with van der Waals surface area (Å²) in [6, 6.07) is 13.5. The quantitative estimate of drug-likeness (QED) is 0.680. The number of rotatable bonds is 4. The first-order valence-corrected chi connectivity index (χ1v) is 7.10. The fourth-order valence-corrected chi connectivity index (χ4v) is 2.19. The molecule has 21 heavy (non-hydrogen) atoms. The number of carbonyl (C=O) groups excluding carboxylic acids is 1. The van der Waals surface area contributed by atoms with Gasteiger partial charge in [0.1, 0.15) is 6.61 Å². The van der Waals surface area contributed by atoms with Crippen molar-refractivity contribution in [1.29, 1.82) is 0 Å². The summed E-state index contributed by atoms with van der Waals surface area (Å²) in [6.45, 7) is 6.40. The van der Waals surface area contributed by atoms with Crippen LogP contribution in [0.2, 0.25) is 0 Å². The number of hydrogen-bond donors (Lipinski definition) is 1. The lowest BCUT2D eigenvalue weighted by Gasteiger charge is -2.10. The molecule has 2 N–H and O–H groups in total. The average molecular weight is 283 g/mol. The van der Waals surface area contributed by atoms with Crippen LogP contribution < -0.4 is 5.73 Å². The second-order valence-corrected chi connectivity index (χ2v) is 5.51. The predicted molar refractivity (Wildman–Crippen MR) is 85.2 cm³/mol. The second-order valence-electron chi connectivity index (χ2n) is 5.51. The molecular weight excluding hydrogens is 262 g/mol. The topological polar surface area (TPSA) is 52.3 Å². The number of hydrogen-bond acceptors (Lipinski definition) is 3. The maximum Gasteiger partial charge on any atom is 0.340 e. The number of esters is 1. The number of anilines is 1. The molecule has 0 unspecified atom stereocenters. The van der Waals surface area contributed by atoms with Gasteiger partial charge in [0.2, 0.25) is 0 Å². The zero-order chi connectivity index (χ0) is 15.4. The van der Waals surface area contributed by atoms with Crippen molar-refractivity contribution in [2.45, 2.75) is 33.3 Å². The first-order valence-electron chi connectivity index (χ1n) is 7.10. The third-order valence-electron chi connectivity index (χ3n) is 3.53. The van der Waals surface area contributed by atoms with Crippen LogP contribution in [-0.4, -0.2) is 5.97 Å². The third-order valence-corrected chi connectivity index (χ3v) is 3.53. The fourth-order valence-electron chi connectivity index (χ4n) is 2.19. The lowest BCUT2D eigenvalue weighted by Crippen LogP contribution is -2.10. The highest BCUT2D eigenvalue weighted by molar-refractivity contribution is 5.96. The minimum atomic E-state index is -0.376. The summed E-state index contributed by atoms with van der Waals surface area (Å²) in [4.78, 5) is 12.1. The van der Waals surface area contributed by atoms with Gasteiger partial charge < -0.3 is 10.5 Å². The van der Waals surface area contributed by atoms with E-state index in [0.29, 0.717) is 17.2 Å². The Balaban J connectivity index is 2.04. The molecule has 0 aromatic heterocycles. The molecule has 0 bridgehead atoms. The zero-order valence-electron chi connectivity index (χ0n) is 12.7. The molecule has 2 aromatic rings. The van der Waals surface area contributed by atoms with Gasteiger partial charge in [-0.3, -0.25) is 0 Å². The molecule has 0 aliphatic rings. The van der Waals surface area contributed by atoms with E-state index in [1.165, 1.54) is 5.56 Å². The SMILES string of the molecule is Cc1cccc(N)c1C(=O)OCc1ccc(C(C)C)cc1. The Hall–Kier alpha value is -2.29. The van der Waals surface area contributed by atoms with Crippen LogP contribution in [0.4, 0.5) is 5.69 Å². The predicted octanol–water partition coefficient (Wildman–Crippen LogP) is 4.06. The third kappa shape index (κ3) is 3.63. The van der Waals surface area contributed by atoms with Gasteiger partial charge in [0, 0.05) is 5.69 Å². The molecule has 0 radical (unpaired) electrons. The zero-order valence-corrected chi connectivity index (χ0v) is 12.7. The Morgan fingerprint density at radius 1 is 1.14 bits per heavy atom. The van der Waals surface area contributed by atoms with Gasteiger partial charge in [-0.15, -0.1) is 0 Å². The Bertz CT molecular complexity index is 610. The van der Waals surface area contributed by atoms with Crippen LogP contribution >= 0.6 is 0 Å². The molecule has 0 heterocycles. The van der Waals surface area contributed by atoms with Crippen LogP contribution in [-0.2, 0) is 11.3 Å². The molecule has 2 rings (SSSR count). The fraction of sp³-hybridized carbons (Fsp3) is 0.278. The first kappa shape index (κ1) is 15.1. The van der Waals surface area contributed by atoms with Gasteiger partial charge in [-0.25, -0.2) is 4.79 Å². The van der Waals surface area contributed by atoms with E-state index in [2.05, 4.69) is 26.0 Å². The lowest BCUT2D eigenvalue weighted by molar-refractivity contribution is 0.0473. The molecular formula is C18H21NO2. The average Bonchev–Trinajstić information content (AvgIpc) is 2.45. The largest absolute Gasteiger partial charge is 0.457 e. The minimum Gasteiger partial charge on any atom is -0.457 e. The summed E-state index contributed by atoms with van der Waals surface area (Å²) in [7, 11) is 0. The van der Waals surface area contributed by atoms with Gasteiger partial charge in [0.05, 0.1) is 5.56 Å². The van der Waals surface area contributed by atoms with Crippen LogP contribution in [0, 0.1) is 6.92 Å². The monoisotopic (exact) mass is 283 g/mol. The first-order chi connectivity index (χ1) is 9.99. The van der Waals surface area contributed by atoms with Gasteiger partial charge in [-0.1, -0.05) is 50.2 Å². The normalized spacial score (nSPS) is 10.7. The van der Waals surface area contributed by atoms with E-state index in [9.17, 15) is 4.79 Å². The highest BCUT2D eigenvalue weighted by atomic mass is 16.5. The van der Waals surface area contributed by atoms with Crippen LogP contribution in [0.1, 0.15) is 46.8 Å². The molecule has 3 nitrogen and oxygen atoms in total. The summed E-state index contributed by atoms with van der Waals surface area (Å²) in [6.07, 6.45) is 0. The van der Waals surface area contributed by atoms with Crippen molar-refractivity contribution in [2.24, 2.45) is 0 Å². The summed E-state index contributed by atoms with van der Waals surface area (Å²) in [5, 5.41) is 0. The second kappa shape index (κ2) is 6.44. The number of benzene rings is 2. The van der Waals surface area contributed by atoms with Crippen LogP contribution in [0.3, 0.4) is 0 Å². The van der Waals surface area contributed by atoms with E-state index in [0.717, 1.165) is 11.1 Å². The van der Waals surface area contributed by atoms with Crippen LogP contribution in [0.5, 0.6) is 0 Å². The maximum absolute atomic E-state index is 12.1. The lowest BCUT2D eigenvalue weighted by atomic mass is 10.0. The van der Waals surface area contributed by atoms with Crippen molar-refractivity contribution in [2.75, 3.05) is 5.73 Å². The van der Waals surface area contributed by atoms with Gasteiger partial charge in [0.15, 0.2) is 0 Å². The Morgan fingerprint density at radius 2 is 1.81 bits per heavy atom. The molecule has 0 saturated heterocycles. The molecule has 0 aliphatic carbocycles. The Morgan fingerprint density at radius 3 is 2.38 bits per heavy atom. The van der Waals surface area contributed by atoms with E-state index in [1.54, 1.807) is 6.07 Å². The summed E-state index contributed by atoms with van der Waals surface area (Å²) in [5.74, 6) is 0.118. The summed E-state index contributed by atoms with van der Waals surface area (Å²) < 4.78 is 5.36. The number of nitrogens with two attached hydrogens (primary N) is 1. The van der Waals surface area contributed by atoms with Crippen molar-refractivity contribution < 1.29 is 9.53 Å². The van der Waals surface area contributed by atoms with Crippen molar-refractivity contribution >= 4 is 11.7 Å².